The fourth-order valence-electron chi connectivity index (χ4n) is 1.94. The third kappa shape index (κ3) is 4.05. The Morgan fingerprint density at radius 2 is 2.08 bits per heavy atom. The first-order valence-electron chi connectivity index (χ1n) is 5.38. The second kappa shape index (κ2) is 6.33. The summed E-state index contributed by atoms with van der Waals surface area (Å²) in [7, 11) is 0. The van der Waals surface area contributed by atoms with Gasteiger partial charge in [-0.25, -0.2) is 4.39 Å². The minimum absolute atomic E-state index is 0.241. The number of likely N-dealkylation sites (tertiary alicyclic amines) is 1. The molecule has 0 aromatic carbocycles. The van der Waals surface area contributed by atoms with E-state index in [4.69, 9.17) is 0 Å². The number of hydrogen-bond donors (Lipinski definition) is 1. The first kappa shape index (κ1) is 10.9. The molecule has 1 aliphatic rings. The predicted octanol–water partition coefficient (Wildman–Crippen LogP) is 1.42. The summed E-state index contributed by atoms with van der Waals surface area (Å²) >= 11 is 0. The molecule has 0 aliphatic carbocycles. The van der Waals surface area contributed by atoms with Crippen LogP contribution in [0.1, 0.15) is 26.2 Å². The highest BCUT2D eigenvalue weighted by molar-refractivity contribution is 4.76. The van der Waals surface area contributed by atoms with Crippen LogP contribution in [0.2, 0.25) is 0 Å². The molecule has 0 atom stereocenters. The zero-order valence-corrected chi connectivity index (χ0v) is 8.56. The van der Waals surface area contributed by atoms with E-state index in [-0.39, 0.29) is 6.67 Å². The summed E-state index contributed by atoms with van der Waals surface area (Å²) in [4.78, 5) is 2.49. The fraction of sp³-hybridized carbons (Fsp3) is 1.00. The van der Waals surface area contributed by atoms with Gasteiger partial charge in [-0.1, -0.05) is 6.92 Å². The van der Waals surface area contributed by atoms with Gasteiger partial charge in [-0.15, -0.1) is 0 Å². The summed E-state index contributed by atoms with van der Waals surface area (Å²) in [6, 6.07) is 0.559. The second-order valence-electron chi connectivity index (χ2n) is 3.76. The molecule has 13 heavy (non-hydrogen) atoms. The SMILES string of the molecule is CCCN1CCC(NCCF)CC1. The van der Waals surface area contributed by atoms with Crippen molar-refractivity contribution in [2.75, 3.05) is 32.9 Å². The molecule has 1 rings (SSSR count). The Balaban J connectivity index is 2.08. The van der Waals surface area contributed by atoms with E-state index in [1.165, 1.54) is 38.9 Å². The summed E-state index contributed by atoms with van der Waals surface area (Å²) in [6.07, 6.45) is 3.60. The molecule has 0 radical (unpaired) electrons. The van der Waals surface area contributed by atoms with E-state index in [9.17, 15) is 4.39 Å². The highest BCUT2D eigenvalue weighted by Crippen LogP contribution is 2.09. The maximum absolute atomic E-state index is 11.9. The molecular weight excluding hydrogens is 167 g/mol. The highest BCUT2D eigenvalue weighted by Gasteiger charge is 2.17. The Labute approximate surface area is 80.5 Å². The molecule has 1 fully saturated rings. The van der Waals surface area contributed by atoms with Gasteiger partial charge in [0.15, 0.2) is 0 Å². The Kier molecular flexibility index (Phi) is 5.32. The zero-order chi connectivity index (χ0) is 9.52. The molecule has 3 heteroatoms. The molecule has 0 spiro atoms. The monoisotopic (exact) mass is 188 g/mol. The fourth-order valence-corrected chi connectivity index (χ4v) is 1.94. The molecule has 1 N–H and O–H groups in total. The van der Waals surface area contributed by atoms with E-state index >= 15 is 0 Å². The van der Waals surface area contributed by atoms with Crippen molar-refractivity contribution in [3.63, 3.8) is 0 Å². The van der Waals surface area contributed by atoms with Crippen LogP contribution in [0.4, 0.5) is 4.39 Å². The Hall–Kier alpha value is -0.150. The van der Waals surface area contributed by atoms with Gasteiger partial charge in [0.1, 0.15) is 6.67 Å². The number of hydrogen-bond acceptors (Lipinski definition) is 2. The van der Waals surface area contributed by atoms with Crippen molar-refractivity contribution in [1.29, 1.82) is 0 Å². The number of alkyl halides is 1. The average molecular weight is 188 g/mol. The standard InChI is InChI=1S/C10H21FN2/c1-2-7-13-8-3-10(4-9-13)12-6-5-11/h10,12H,2-9H2,1H3. The van der Waals surface area contributed by atoms with E-state index in [1.54, 1.807) is 0 Å². The van der Waals surface area contributed by atoms with E-state index in [0.29, 0.717) is 12.6 Å². The lowest BCUT2D eigenvalue weighted by Crippen LogP contribution is -2.43. The van der Waals surface area contributed by atoms with Gasteiger partial charge in [-0.2, -0.15) is 0 Å². The number of piperidine rings is 1. The van der Waals surface area contributed by atoms with Crippen LogP contribution >= 0.6 is 0 Å². The Bertz CT molecular complexity index is 122. The van der Waals surface area contributed by atoms with Crippen molar-refractivity contribution < 1.29 is 4.39 Å². The van der Waals surface area contributed by atoms with Crippen LogP contribution in [0.5, 0.6) is 0 Å². The summed E-state index contributed by atoms with van der Waals surface area (Å²) in [5.74, 6) is 0. The molecule has 0 saturated carbocycles. The molecule has 0 amide bonds. The summed E-state index contributed by atoms with van der Waals surface area (Å²) in [6.45, 7) is 6.08. The number of halogens is 1. The normalized spacial score (nSPS) is 20.8. The van der Waals surface area contributed by atoms with Crippen LogP contribution in [0.3, 0.4) is 0 Å². The molecule has 0 aromatic heterocycles. The smallest absolute Gasteiger partial charge is 0.102 e. The molecule has 0 aromatic rings. The zero-order valence-electron chi connectivity index (χ0n) is 8.56. The molecule has 1 saturated heterocycles. The Morgan fingerprint density at radius 3 is 2.62 bits per heavy atom. The molecule has 0 unspecified atom stereocenters. The van der Waals surface area contributed by atoms with Gasteiger partial charge < -0.3 is 10.2 Å². The topological polar surface area (TPSA) is 15.3 Å². The van der Waals surface area contributed by atoms with Crippen LogP contribution in [-0.2, 0) is 0 Å². The molecule has 78 valence electrons. The quantitative estimate of drug-likeness (QED) is 0.702. The Morgan fingerprint density at radius 1 is 1.38 bits per heavy atom. The van der Waals surface area contributed by atoms with Gasteiger partial charge in [-0.3, -0.25) is 0 Å². The van der Waals surface area contributed by atoms with Crippen LogP contribution < -0.4 is 5.32 Å². The molecule has 2 nitrogen and oxygen atoms in total. The lowest BCUT2D eigenvalue weighted by molar-refractivity contribution is 0.196. The van der Waals surface area contributed by atoms with Gasteiger partial charge >= 0.3 is 0 Å². The molecule has 1 aliphatic heterocycles. The molecular formula is C10H21FN2. The van der Waals surface area contributed by atoms with E-state index in [0.717, 1.165) is 0 Å². The number of nitrogens with one attached hydrogen (secondary N) is 1. The maximum atomic E-state index is 11.9. The minimum Gasteiger partial charge on any atom is -0.311 e. The summed E-state index contributed by atoms with van der Waals surface area (Å²) in [5, 5.41) is 3.23. The largest absolute Gasteiger partial charge is 0.311 e. The minimum atomic E-state index is -0.241. The van der Waals surface area contributed by atoms with Gasteiger partial charge in [-0.05, 0) is 38.9 Å². The van der Waals surface area contributed by atoms with Crippen LogP contribution in [0, 0.1) is 0 Å². The predicted molar refractivity (Wildman–Crippen MR) is 53.7 cm³/mol. The summed E-state index contributed by atoms with van der Waals surface area (Å²) in [5.41, 5.74) is 0. The average Bonchev–Trinajstić information content (AvgIpc) is 2.17. The maximum Gasteiger partial charge on any atom is 0.102 e. The molecule has 0 bridgehead atoms. The third-order valence-electron chi connectivity index (χ3n) is 2.65. The number of rotatable bonds is 5. The lowest BCUT2D eigenvalue weighted by Gasteiger charge is -2.31. The second-order valence-corrected chi connectivity index (χ2v) is 3.76. The first-order valence-corrected chi connectivity index (χ1v) is 5.38. The first-order chi connectivity index (χ1) is 6.36. The van der Waals surface area contributed by atoms with Crippen molar-refractivity contribution in [3.05, 3.63) is 0 Å². The van der Waals surface area contributed by atoms with Crippen molar-refractivity contribution in [2.45, 2.75) is 32.2 Å². The van der Waals surface area contributed by atoms with Gasteiger partial charge in [0.05, 0.1) is 0 Å². The van der Waals surface area contributed by atoms with E-state index in [2.05, 4.69) is 17.1 Å². The van der Waals surface area contributed by atoms with Crippen molar-refractivity contribution in [2.24, 2.45) is 0 Å². The van der Waals surface area contributed by atoms with Gasteiger partial charge in [0.2, 0.25) is 0 Å². The van der Waals surface area contributed by atoms with Gasteiger partial charge in [0.25, 0.3) is 0 Å². The van der Waals surface area contributed by atoms with Crippen molar-refractivity contribution >= 4 is 0 Å². The lowest BCUT2D eigenvalue weighted by atomic mass is 10.1. The van der Waals surface area contributed by atoms with Gasteiger partial charge in [0, 0.05) is 12.6 Å². The highest BCUT2D eigenvalue weighted by atomic mass is 19.1. The molecule has 1 heterocycles. The van der Waals surface area contributed by atoms with E-state index < -0.39 is 0 Å². The summed E-state index contributed by atoms with van der Waals surface area (Å²) < 4.78 is 11.9. The van der Waals surface area contributed by atoms with Crippen molar-refractivity contribution in [1.82, 2.24) is 10.2 Å². The van der Waals surface area contributed by atoms with E-state index in [1.807, 2.05) is 0 Å². The van der Waals surface area contributed by atoms with Crippen LogP contribution in [0.25, 0.3) is 0 Å². The van der Waals surface area contributed by atoms with Crippen molar-refractivity contribution in [3.8, 4) is 0 Å². The number of nitrogens with zero attached hydrogens (tertiary/aromatic N) is 1. The van der Waals surface area contributed by atoms with Crippen LogP contribution in [-0.4, -0.2) is 43.8 Å². The third-order valence-corrected chi connectivity index (χ3v) is 2.65. The van der Waals surface area contributed by atoms with Crippen LogP contribution in [0.15, 0.2) is 0 Å².